The van der Waals surface area contributed by atoms with Crippen LogP contribution in [0.25, 0.3) is 0 Å². The Kier molecular flexibility index (Phi) is 28.8. The summed E-state index contributed by atoms with van der Waals surface area (Å²) in [6.45, 7) is 24.9. The van der Waals surface area contributed by atoms with E-state index >= 15 is 0 Å². The van der Waals surface area contributed by atoms with Crippen molar-refractivity contribution in [3.05, 3.63) is 125 Å². The number of amides is 10. The lowest BCUT2D eigenvalue weighted by Gasteiger charge is -2.42. The van der Waals surface area contributed by atoms with Crippen molar-refractivity contribution >= 4 is 75.2 Å². The molecule has 0 aliphatic carbocycles. The van der Waals surface area contributed by atoms with Crippen molar-refractivity contribution in [2.45, 2.75) is 207 Å². The molecule has 0 aromatic heterocycles. The molecule has 4 rings (SSSR count). The van der Waals surface area contributed by atoms with Gasteiger partial charge >= 0.3 is 12.2 Å². The Balaban J connectivity index is 1.48. The standard InChI is InChI=1S/C70H101N9O14S/c1-46(2)54(77(15)64(87)58(67(4,5)6)75-63(86)59(78(16)66(89)93-69(10,11)12)70(13,14)50-30-22-18-23-31-50)44-47(3)60(83)76-94(90,91)45-49-34-37-51(38-35-49)72-61(84)52(32-25-26-42-71-65(88)92-68(7,8)9)74-62(85)53(39-36-48-28-20-17-21-29-48)73-55(80)33-24-19-27-43-79-56(81)40-41-57(79)82/h17-18,20-23,28-31,34-35,37-38,40-41,44,46,52-54,58-59H,19,24-27,32-33,36,39,42-43,45H2,1-16H3,(H,71,88)(H,72,84)(H,73,80)(H,74,85)(H,75,86)(H,76,83)/b47-44+/t52-,53-,54+,58+,59+/m0/s1. The Hall–Kier alpha value is -8.41. The van der Waals surface area contributed by atoms with Crippen molar-refractivity contribution in [3.63, 3.8) is 0 Å². The highest BCUT2D eigenvalue weighted by molar-refractivity contribution is 7.89. The van der Waals surface area contributed by atoms with E-state index in [2.05, 4.69) is 31.3 Å². The zero-order valence-corrected chi connectivity index (χ0v) is 58.5. The molecule has 0 saturated heterocycles. The number of ether oxygens (including phenoxy) is 2. The van der Waals surface area contributed by atoms with Gasteiger partial charge in [-0.2, -0.15) is 0 Å². The first kappa shape index (κ1) is 78.0. The van der Waals surface area contributed by atoms with Crippen LogP contribution >= 0.6 is 0 Å². The molecule has 0 fully saturated rings. The van der Waals surface area contributed by atoms with Crippen LogP contribution in [-0.2, 0) is 75.4 Å². The summed E-state index contributed by atoms with van der Waals surface area (Å²) in [7, 11) is -1.34. The van der Waals surface area contributed by atoms with E-state index in [0.717, 1.165) is 16.0 Å². The number of nitrogens with one attached hydrogen (secondary N) is 6. The first-order valence-corrected chi connectivity index (χ1v) is 33.7. The Morgan fingerprint density at radius 2 is 1.20 bits per heavy atom. The fourth-order valence-electron chi connectivity index (χ4n) is 10.5. The smallest absolute Gasteiger partial charge is 0.410 e. The number of unbranched alkanes of at least 4 members (excludes halogenated alkanes) is 3. The number of alkyl carbamates (subject to hydrolysis) is 1. The van der Waals surface area contributed by atoms with Crippen LogP contribution < -0.4 is 31.3 Å². The highest BCUT2D eigenvalue weighted by Crippen LogP contribution is 2.33. The molecule has 0 spiro atoms. The Bertz CT molecular complexity index is 3280. The quantitative estimate of drug-likeness (QED) is 0.0194. The molecule has 3 aromatic rings. The van der Waals surface area contributed by atoms with Crippen molar-refractivity contribution in [3.8, 4) is 0 Å². The number of sulfonamides is 1. The Labute approximate surface area is 555 Å². The molecular weight excluding hydrogens is 1220 g/mol. The number of likely N-dealkylation sites (N-methyl/N-ethyl adjacent to an activating group) is 2. The first-order chi connectivity index (χ1) is 43.7. The lowest BCUT2D eigenvalue weighted by molar-refractivity contribution is -0.142. The van der Waals surface area contributed by atoms with Gasteiger partial charge in [0.15, 0.2) is 0 Å². The van der Waals surface area contributed by atoms with Gasteiger partial charge in [-0.1, -0.05) is 134 Å². The molecule has 0 bridgehead atoms. The number of hydrogen-bond acceptors (Lipinski definition) is 14. The lowest BCUT2D eigenvalue weighted by atomic mass is 9.76. The molecule has 1 aliphatic heterocycles. The number of benzene rings is 3. The molecule has 0 unspecified atom stereocenters. The number of hydrogen-bond donors (Lipinski definition) is 6. The van der Waals surface area contributed by atoms with Crippen LogP contribution in [0.3, 0.4) is 0 Å². The third-order valence-electron chi connectivity index (χ3n) is 15.6. The van der Waals surface area contributed by atoms with Crippen molar-refractivity contribution in [1.82, 2.24) is 40.7 Å². The second-order valence-electron chi connectivity index (χ2n) is 27.9. The fraction of sp³-hybridized carbons (Fsp3) is 0.543. The molecular formula is C70H101N9O14S. The zero-order valence-electron chi connectivity index (χ0n) is 57.7. The summed E-state index contributed by atoms with van der Waals surface area (Å²) in [6, 6.07) is 19.1. The summed E-state index contributed by atoms with van der Waals surface area (Å²) in [5.41, 5.74) is -1.30. The largest absolute Gasteiger partial charge is 0.444 e. The van der Waals surface area contributed by atoms with E-state index in [4.69, 9.17) is 9.47 Å². The molecule has 0 radical (unpaired) electrons. The summed E-state index contributed by atoms with van der Waals surface area (Å²) < 4.78 is 40.5. The van der Waals surface area contributed by atoms with E-state index in [0.29, 0.717) is 38.5 Å². The molecule has 0 saturated carbocycles. The predicted molar refractivity (Wildman–Crippen MR) is 361 cm³/mol. The topological polar surface area (TPSA) is 305 Å². The van der Waals surface area contributed by atoms with E-state index in [-0.39, 0.29) is 66.9 Å². The maximum atomic E-state index is 14.8. The second kappa shape index (κ2) is 34.7. The van der Waals surface area contributed by atoms with E-state index in [9.17, 15) is 56.4 Å². The number of carbonyl (C=O) groups is 10. The third-order valence-corrected chi connectivity index (χ3v) is 16.8. The lowest BCUT2D eigenvalue weighted by Crippen LogP contribution is -2.63. The van der Waals surface area contributed by atoms with Crippen molar-refractivity contribution in [1.29, 1.82) is 0 Å². The fourth-order valence-corrected chi connectivity index (χ4v) is 11.7. The van der Waals surface area contributed by atoms with Crippen LogP contribution in [0.1, 0.15) is 165 Å². The molecule has 23 nitrogen and oxygen atoms in total. The summed E-state index contributed by atoms with van der Waals surface area (Å²) in [4.78, 5) is 139. The zero-order chi connectivity index (χ0) is 70.5. The normalized spacial score (nSPS) is 14.6. The van der Waals surface area contributed by atoms with Gasteiger partial charge in [0.25, 0.3) is 17.7 Å². The number of rotatable bonds is 32. The molecule has 10 amide bonds. The number of carbonyl (C=O) groups excluding carboxylic acids is 10. The van der Waals surface area contributed by atoms with Gasteiger partial charge in [0.05, 0.1) is 11.8 Å². The van der Waals surface area contributed by atoms with E-state index < -0.39 is 116 Å². The van der Waals surface area contributed by atoms with Crippen LogP contribution in [0.15, 0.2) is 109 Å². The molecule has 6 N–H and O–H groups in total. The van der Waals surface area contributed by atoms with Gasteiger partial charge in [-0.05, 0) is 134 Å². The van der Waals surface area contributed by atoms with Crippen LogP contribution in [0, 0.1) is 11.3 Å². The van der Waals surface area contributed by atoms with Crippen LogP contribution in [0.4, 0.5) is 15.3 Å². The molecule has 1 heterocycles. The molecule has 1 aliphatic rings. The van der Waals surface area contributed by atoms with Gasteiger partial charge < -0.3 is 41.0 Å². The maximum Gasteiger partial charge on any atom is 0.410 e. The third kappa shape index (κ3) is 25.5. The number of aryl methyl sites for hydroxylation is 1. The monoisotopic (exact) mass is 1320 g/mol. The first-order valence-electron chi connectivity index (χ1n) is 32.0. The van der Waals surface area contributed by atoms with Gasteiger partial charge in [-0.3, -0.25) is 48.2 Å². The van der Waals surface area contributed by atoms with Crippen molar-refractivity contribution in [2.75, 3.05) is 32.5 Å². The minimum atomic E-state index is -4.36. The summed E-state index contributed by atoms with van der Waals surface area (Å²) in [5.74, 6) is -5.42. The minimum Gasteiger partial charge on any atom is -0.444 e. The molecule has 3 aromatic carbocycles. The van der Waals surface area contributed by atoms with Crippen LogP contribution in [-0.4, -0.2) is 151 Å². The highest BCUT2D eigenvalue weighted by Gasteiger charge is 2.46. The van der Waals surface area contributed by atoms with E-state index in [1.54, 1.807) is 62.3 Å². The van der Waals surface area contributed by atoms with E-state index in [1.807, 2.05) is 88.4 Å². The molecule has 24 heteroatoms. The van der Waals surface area contributed by atoms with Crippen LogP contribution in [0.2, 0.25) is 0 Å². The van der Waals surface area contributed by atoms with Gasteiger partial charge in [-0.15, -0.1) is 0 Å². The van der Waals surface area contributed by atoms with Gasteiger partial charge in [0.1, 0.15) is 35.4 Å². The highest BCUT2D eigenvalue weighted by atomic mass is 32.2. The number of nitrogens with zero attached hydrogens (tertiary/aromatic N) is 3. The van der Waals surface area contributed by atoms with Crippen molar-refractivity contribution < 1.29 is 65.8 Å². The van der Waals surface area contributed by atoms with Gasteiger partial charge in [0, 0.05) is 62.4 Å². The molecule has 516 valence electrons. The minimum absolute atomic E-state index is 0.0105. The number of anilines is 1. The summed E-state index contributed by atoms with van der Waals surface area (Å²) >= 11 is 0. The average molecular weight is 1320 g/mol. The molecule has 94 heavy (non-hydrogen) atoms. The maximum absolute atomic E-state index is 14.8. The van der Waals surface area contributed by atoms with Crippen LogP contribution in [0.5, 0.6) is 0 Å². The predicted octanol–water partition coefficient (Wildman–Crippen LogP) is 8.53. The van der Waals surface area contributed by atoms with Gasteiger partial charge in [-0.25, -0.2) is 22.7 Å². The average Bonchev–Trinajstić information content (AvgIpc) is 0.934. The summed E-state index contributed by atoms with van der Waals surface area (Å²) in [6.07, 6.45) is 5.55. The Morgan fingerprint density at radius 3 is 1.77 bits per heavy atom. The van der Waals surface area contributed by atoms with E-state index in [1.165, 1.54) is 73.3 Å². The second-order valence-corrected chi connectivity index (χ2v) is 29.6. The number of imide groups is 1. The van der Waals surface area contributed by atoms with Crippen molar-refractivity contribution in [2.24, 2.45) is 11.3 Å². The SMILES string of the molecule is C/C(=C\[C@H](C(C)C)N(C)C(=O)[C@@H](NC(=O)[C@@H](N(C)C(=O)OC(C)(C)C)C(C)(C)c1ccccc1)C(C)(C)C)C(=O)NS(=O)(=O)Cc1ccc(NC(=O)[C@H](CCCCNC(=O)OC(C)(C)C)NC(=O)[C@H](CCc2ccccc2)NC(=O)CCCCCN2C(=O)C=CC2=O)cc1. The Morgan fingerprint density at radius 1 is 0.628 bits per heavy atom. The molecule has 5 atom stereocenters. The summed E-state index contributed by atoms with van der Waals surface area (Å²) in [5, 5.41) is 14.1. The van der Waals surface area contributed by atoms with Gasteiger partial charge in [0.2, 0.25) is 39.6 Å².